The molecular formula is C9H10N2O. The minimum absolute atomic E-state index is 0.158. The molecule has 0 saturated heterocycles. The molecule has 1 aromatic carbocycles. The van der Waals surface area contributed by atoms with Crippen LogP contribution in [0.5, 0.6) is 0 Å². The largest absolute Gasteiger partial charge is 0.396 e. The SMILES string of the molecule is N#CNc1ccc(CCO)cc1. The Hall–Kier alpha value is -1.53. The summed E-state index contributed by atoms with van der Waals surface area (Å²) < 4.78 is 0. The third kappa shape index (κ3) is 2.26. The van der Waals surface area contributed by atoms with Gasteiger partial charge < -0.3 is 5.11 Å². The fraction of sp³-hybridized carbons (Fsp3) is 0.222. The highest BCUT2D eigenvalue weighted by Crippen LogP contribution is 2.08. The molecule has 0 aliphatic carbocycles. The molecule has 0 unspecified atom stereocenters. The summed E-state index contributed by atoms with van der Waals surface area (Å²) in [6.45, 7) is 0.158. The third-order valence-corrected chi connectivity index (χ3v) is 1.55. The van der Waals surface area contributed by atoms with Gasteiger partial charge in [0.15, 0.2) is 6.19 Å². The topological polar surface area (TPSA) is 56.0 Å². The molecule has 12 heavy (non-hydrogen) atoms. The summed E-state index contributed by atoms with van der Waals surface area (Å²) in [5, 5.41) is 19.4. The van der Waals surface area contributed by atoms with E-state index in [-0.39, 0.29) is 6.61 Å². The van der Waals surface area contributed by atoms with E-state index in [0.717, 1.165) is 11.3 Å². The summed E-state index contributed by atoms with van der Waals surface area (Å²) in [5.74, 6) is 0. The monoisotopic (exact) mass is 162 g/mol. The molecule has 2 N–H and O–H groups in total. The molecule has 0 bridgehead atoms. The first-order valence-corrected chi connectivity index (χ1v) is 3.71. The zero-order valence-electron chi connectivity index (χ0n) is 6.62. The molecule has 0 aliphatic heterocycles. The Bertz CT molecular complexity index is 274. The van der Waals surface area contributed by atoms with E-state index < -0.39 is 0 Å². The molecule has 3 nitrogen and oxygen atoms in total. The maximum Gasteiger partial charge on any atom is 0.181 e. The molecule has 1 aromatic rings. The smallest absolute Gasteiger partial charge is 0.181 e. The summed E-state index contributed by atoms with van der Waals surface area (Å²) >= 11 is 0. The average Bonchev–Trinajstić information content (AvgIpc) is 2.09. The molecule has 0 amide bonds. The Balaban J connectivity index is 2.66. The summed E-state index contributed by atoms with van der Waals surface area (Å²) in [5.41, 5.74) is 1.85. The predicted octanol–water partition coefficient (Wildman–Crippen LogP) is 1.11. The number of anilines is 1. The Morgan fingerprint density at radius 1 is 1.33 bits per heavy atom. The molecule has 0 spiro atoms. The van der Waals surface area contributed by atoms with Crippen LogP contribution in [0.3, 0.4) is 0 Å². The van der Waals surface area contributed by atoms with E-state index in [1.165, 1.54) is 0 Å². The third-order valence-electron chi connectivity index (χ3n) is 1.55. The molecule has 0 heterocycles. The van der Waals surface area contributed by atoms with Crippen LogP contribution < -0.4 is 5.32 Å². The van der Waals surface area contributed by atoms with Crippen molar-refractivity contribution in [2.45, 2.75) is 6.42 Å². The van der Waals surface area contributed by atoms with Gasteiger partial charge in [0.2, 0.25) is 0 Å². The minimum Gasteiger partial charge on any atom is -0.396 e. The van der Waals surface area contributed by atoms with Crippen LogP contribution in [-0.4, -0.2) is 11.7 Å². The van der Waals surface area contributed by atoms with E-state index in [9.17, 15) is 0 Å². The number of nitrogens with one attached hydrogen (secondary N) is 1. The zero-order valence-corrected chi connectivity index (χ0v) is 6.62. The lowest BCUT2D eigenvalue weighted by Gasteiger charge is -1.99. The van der Waals surface area contributed by atoms with Gasteiger partial charge in [-0.1, -0.05) is 12.1 Å². The summed E-state index contributed by atoms with van der Waals surface area (Å²) in [6, 6.07) is 7.40. The lowest BCUT2D eigenvalue weighted by atomic mass is 10.1. The summed E-state index contributed by atoms with van der Waals surface area (Å²) in [6.07, 6.45) is 2.50. The van der Waals surface area contributed by atoms with Crippen LogP contribution in [0.25, 0.3) is 0 Å². The number of aliphatic hydroxyl groups excluding tert-OH is 1. The molecule has 0 radical (unpaired) electrons. The summed E-state index contributed by atoms with van der Waals surface area (Å²) in [7, 11) is 0. The van der Waals surface area contributed by atoms with Crippen molar-refractivity contribution in [3.8, 4) is 6.19 Å². The van der Waals surface area contributed by atoms with Crippen LogP contribution >= 0.6 is 0 Å². The molecule has 0 atom stereocenters. The van der Waals surface area contributed by atoms with E-state index in [4.69, 9.17) is 10.4 Å². The van der Waals surface area contributed by atoms with Crippen molar-refractivity contribution < 1.29 is 5.11 Å². The standard InChI is InChI=1S/C9H10N2O/c10-7-11-9-3-1-8(2-4-9)5-6-12/h1-4,11-12H,5-6H2. The Morgan fingerprint density at radius 3 is 2.50 bits per heavy atom. The van der Waals surface area contributed by atoms with Crippen LogP contribution in [0.15, 0.2) is 24.3 Å². The molecule has 3 heteroatoms. The molecule has 0 aromatic heterocycles. The second-order valence-electron chi connectivity index (χ2n) is 2.41. The number of hydrogen-bond acceptors (Lipinski definition) is 3. The van der Waals surface area contributed by atoms with Crippen molar-refractivity contribution in [1.82, 2.24) is 0 Å². The first kappa shape index (κ1) is 8.57. The Morgan fingerprint density at radius 2 is 2.00 bits per heavy atom. The van der Waals surface area contributed by atoms with E-state index in [0.29, 0.717) is 6.42 Å². The molecular weight excluding hydrogens is 152 g/mol. The van der Waals surface area contributed by atoms with Crippen molar-refractivity contribution >= 4 is 5.69 Å². The lowest BCUT2D eigenvalue weighted by Crippen LogP contribution is -1.91. The molecule has 0 aliphatic rings. The highest BCUT2D eigenvalue weighted by atomic mass is 16.2. The molecule has 0 fully saturated rings. The van der Waals surface area contributed by atoms with Crippen LogP contribution in [0.2, 0.25) is 0 Å². The number of nitriles is 1. The van der Waals surface area contributed by atoms with Crippen molar-refractivity contribution in [2.75, 3.05) is 11.9 Å². The van der Waals surface area contributed by atoms with E-state index in [1.807, 2.05) is 30.5 Å². The van der Waals surface area contributed by atoms with Crippen molar-refractivity contribution in [2.24, 2.45) is 0 Å². The van der Waals surface area contributed by atoms with Gasteiger partial charge in [0.05, 0.1) is 0 Å². The van der Waals surface area contributed by atoms with Gasteiger partial charge >= 0.3 is 0 Å². The Kier molecular flexibility index (Phi) is 3.12. The Labute approximate surface area is 71.3 Å². The van der Waals surface area contributed by atoms with Crippen molar-refractivity contribution in [1.29, 1.82) is 5.26 Å². The van der Waals surface area contributed by atoms with Gasteiger partial charge in [0, 0.05) is 12.3 Å². The van der Waals surface area contributed by atoms with Crippen LogP contribution in [0, 0.1) is 11.5 Å². The van der Waals surface area contributed by atoms with Gasteiger partial charge in [-0.25, -0.2) is 0 Å². The van der Waals surface area contributed by atoms with Gasteiger partial charge in [-0.2, -0.15) is 5.26 Å². The summed E-state index contributed by atoms with van der Waals surface area (Å²) in [4.78, 5) is 0. The lowest BCUT2D eigenvalue weighted by molar-refractivity contribution is 0.299. The van der Waals surface area contributed by atoms with Crippen LogP contribution in [-0.2, 0) is 6.42 Å². The second-order valence-corrected chi connectivity index (χ2v) is 2.41. The minimum atomic E-state index is 0.158. The van der Waals surface area contributed by atoms with E-state index >= 15 is 0 Å². The van der Waals surface area contributed by atoms with Gasteiger partial charge in [-0.3, -0.25) is 5.32 Å². The molecule has 1 rings (SSSR count). The van der Waals surface area contributed by atoms with Gasteiger partial charge in [0.1, 0.15) is 0 Å². The van der Waals surface area contributed by atoms with Crippen molar-refractivity contribution in [3.05, 3.63) is 29.8 Å². The van der Waals surface area contributed by atoms with Crippen LogP contribution in [0.1, 0.15) is 5.56 Å². The normalized spacial score (nSPS) is 9.00. The number of aliphatic hydroxyl groups is 1. The van der Waals surface area contributed by atoms with E-state index in [1.54, 1.807) is 0 Å². The maximum absolute atomic E-state index is 8.62. The number of rotatable bonds is 3. The first-order valence-electron chi connectivity index (χ1n) is 3.71. The number of hydrogen-bond donors (Lipinski definition) is 2. The van der Waals surface area contributed by atoms with Gasteiger partial charge in [-0.05, 0) is 24.1 Å². The second kappa shape index (κ2) is 4.37. The average molecular weight is 162 g/mol. The highest BCUT2D eigenvalue weighted by Gasteiger charge is 1.91. The fourth-order valence-corrected chi connectivity index (χ4v) is 0.948. The highest BCUT2D eigenvalue weighted by molar-refractivity contribution is 5.47. The van der Waals surface area contributed by atoms with Gasteiger partial charge in [-0.15, -0.1) is 0 Å². The van der Waals surface area contributed by atoms with E-state index in [2.05, 4.69) is 5.32 Å². The quantitative estimate of drug-likeness (QED) is 0.517. The fourth-order valence-electron chi connectivity index (χ4n) is 0.948. The zero-order chi connectivity index (χ0) is 8.81. The number of nitrogens with zero attached hydrogens (tertiary/aromatic N) is 1. The van der Waals surface area contributed by atoms with Crippen LogP contribution in [0.4, 0.5) is 5.69 Å². The van der Waals surface area contributed by atoms with Gasteiger partial charge in [0.25, 0.3) is 0 Å². The number of benzene rings is 1. The predicted molar refractivity (Wildman–Crippen MR) is 46.5 cm³/mol. The first-order chi connectivity index (χ1) is 5.86. The molecule has 62 valence electrons. The molecule has 0 saturated carbocycles. The van der Waals surface area contributed by atoms with Crippen molar-refractivity contribution in [3.63, 3.8) is 0 Å². The maximum atomic E-state index is 8.62.